The van der Waals surface area contributed by atoms with Crippen molar-refractivity contribution in [2.75, 3.05) is 26.4 Å². The summed E-state index contributed by atoms with van der Waals surface area (Å²) in [4.78, 5) is 0. The van der Waals surface area contributed by atoms with Crippen molar-refractivity contribution in [3.8, 4) is 0 Å². The molecule has 124 valence electrons. The summed E-state index contributed by atoms with van der Waals surface area (Å²) < 4.78 is 19.4. The molecule has 0 amide bonds. The van der Waals surface area contributed by atoms with Gasteiger partial charge in [-0.2, -0.15) is 0 Å². The summed E-state index contributed by atoms with van der Waals surface area (Å²) >= 11 is 0. The summed E-state index contributed by atoms with van der Waals surface area (Å²) in [5, 5.41) is 22.5. The zero-order chi connectivity index (χ0) is 16.1. The van der Waals surface area contributed by atoms with Crippen LogP contribution in [0.2, 0.25) is 0 Å². The Kier molecular flexibility index (Phi) is 19.4. The Morgan fingerprint density at radius 1 is 0.571 bits per heavy atom. The molecule has 0 aromatic carbocycles. The average molecular weight is 319 g/mol. The maximum absolute atomic E-state index is 11.2. The quantitative estimate of drug-likeness (QED) is 0.433. The minimum atomic E-state index is -1.61. The fourth-order valence-electron chi connectivity index (χ4n) is 1.37. The molecule has 0 spiro atoms. The van der Waals surface area contributed by atoms with Gasteiger partial charge in [0.2, 0.25) is 0 Å². The Hall–Kier alpha value is 0.526. The molecule has 21 heavy (non-hydrogen) atoms. The number of rotatable bonds is 10. The summed E-state index contributed by atoms with van der Waals surface area (Å²) in [5.74, 6) is -3.22. The van der Waals surface area contributed by atoms with Crippen LogP contribution in [-0.2, 0) is 18.9 Å². The van der Waals surface area contributed by atoms with E-state index in [-0.39, 0.29) is 23.1 Å². The molecular weight excluding hydrogens is 288 g/mol. The predicted molar refractivity (Wildman–Crippen MR) is 78.3 cm³/mol. The van der Waals surface area contributed by atoms with Crippen molar-refractivity contribution in [1.29, 1.82) is 0 Å². The first-order valence-corrected chi connectivity index (χ1v) is 7.33. The third kappa shape index (κ3) is 13.9. The standard InChI is InChI=1S/2C7H15O3.Mg/c2*1-4-7(8,9-5-2)10-6-3;/h2*4-6H2,1-3H3;/q2*-1;+2. The van der Waals surface area contributed by atoms with Gasteiger partial charge >= 0.3 is 23.1 Å². The first kappa shape index (κ1) is 26.4. The molecule has 0 heterocycles. The van der Waals surface area contributed by atoms with Crippen molar-refractivity contribution in [2.24, 2.45) is 0 Å². The van der Waals surface area contributed by atoms with E-state index in [1.54, 1.807) is 41.5 Å². The zero-order valence-corrected chi connectivity index (χ0v) is 15.8. The molecular formula is C14H30MgO6. The van der Waals surface area contributed by atoms with Gasteiger partial charge < -0.3 is 29.2 Å². The van der Waals surface area contributed by atoms with Crippen molar-refractivity contribution in [1.82, 2.24) is 0 Å². The van der Waals surface area contributed by atoms with Crippen LogP contribution in [0.3, 0.4) is 0 Å². The van der Waals surface area contributed by atoms with Gasteiger partial charge in [0.05, 0.1) is 11.9 Å². The maximum atomic E-state index is 11.2. The Morgan fingerprint density at radius 2 is 0.762 bits per heavy atom. The molecule has 6 nitrogen and oxygen atoms in total. The van der Waals surface area contributed by atoms with Crippen molar-refractivity contribution < 1.29 is 29.2 Å². The third-order valence-electron chi connectivity index (χ3n) is 2.32. The minimum absolute atomic E-state index is 0. The van der Waals surface area contributed by atoms with Crippen molar-refractivity contribution in [3.63, 3.8) is 0 Å². The largest absolute Gasteiger partial charge is 2.00 e. The summed E-state index contributed by atoms with van der Waals surface area (Å²) in [6, 6.07) is 0. The molecule has 0 atom stereocenters. The van der Waals surface area contributed by atoms with Gasteiger partial charge in [-0.3, -0.25) is 0 Å². The molecule has 0 bridgehead atoms. The van der Waals surface area contributed by atoms with Crippen LogP contribution in [0.25, 0.3) is 0 Å². The van der Waals surface area contributed by atoms with Crippen LogP contribution in [0, 0.1) is 0 Å². The zero-order valence-electron chi connectivity index (χ0n) is 14.4. The SMILES string of the molecule is CCOC([O-])(CC)OCC.CCOC([O-])(CC)OCC.[Mg+2]. The van der Waals surface area contributed by atoms with Gasteiger partial charge in [0.1, 0.15) is 0 Å². The molecule has 0 radical (unpaired) electrons. The van der Waals surface area contributed by atoms with Gasteiger partial charge in [-0.05, 0) is 40.5 Å². The van der Waals surface area contributed by atoms with Gasteiger partial charge in [-0.25, -0.2) is 0 Å². The molecule has 0 aliphatic heterocycles. The molecule has 0 rings (SSSR count). The van der Waals surface area contributed by atoms with Crippen LogP contribution >= 0.6 is 0 Å². The monoisotopic (exact) mass is 318 g/mol. The smallest absolute Gasteiger partial charge is 0.807 e. The molecule has 0 saturated heterocycles. The summed E-state index contributed by atoms with van der Waals surface area (Å²) in [7, 11) is 0. The molecule has 0 aromatic heterocycles. The molecule has 0 unspecified atom stereocenters. The first-order valence-electron chi connectivity index (χ1n) is 7.33. The van der Waals surface area contributed by atoms with Gasteiger partial charge in [0.25, 0.3) is 0 Å². The Bertz CT molecular complexity index is 182. The van der Waals surface area contributed by atoms with Crippen LogP contribution in [0.4, 0.5) is 0 Å². The van der Waals surface area contributed by atoms with Gasteiger partial charge in [-0.15, -0.1) is 0 Å². The second kappa shape index (κ2) is 15.4. The van der Waals surface area contributed by atoms with E-state index >= 15 is 0 Å². The summed E-state index contributed by atoms with van der Waals surface area (Å²) in [6.45, 7) is 12.2. The van der Waals surface area contributed by atoms with Gasteiger partial charge in [-0.1, -0.05) is 13.8 Å². The van der Waals surface area contributed by atoms with E-state index in [1.165, 1.54) is 0 Å². The van der Waals surface area contributed by atoms with Gasteiger partial charge in [0, 0.05) is 26.4 Å². The molecule has 0 aliphatic rings. The molecule has 0 fully saturated rings. The first-order chi connectivity index (χ1) is 9.36. The van der Waals surface area contributed by atoms with E-state index < -0.39 is 11.9 Å². The molecule has 0 saturated carbocycles. The Labute approximate surface area is 145 Å². The Morgan fingerprint density at radius 3 is 0.857 bits per heavy atom. The van der Waals surface area contributed by atoms with E-state index in [2.05, 4.69) is 0 Å². The van der Waals surface area contributed by atoms with E-state index in [4.69, 9.17) is 18.9 Å². The maximum Gasteiger partial charge on any atom is 2.00 e. The van der Waals surface area contributed by atoms with E-state index in [9.17, 15) is 10.2 Å². The van der Waals surface area contributed by atoms with Crippen molar-refractivity contribution in [2.45, 2.75) is 66.3 Å². The van der Waals surface area contributed by atoms with E-state index in [0.29, 0.717) is 39.3 Å². The van der Waals surface area contributed by atoms with Crippen molar-refractivity contribution in [3.05, 3.63) is 0 Å². The topological polar surface area (TPSA) is 83.0 Å². The number of hydrogen-bond acceptors (Lipinski definition) is 6. The molecule has 0 N–H and O–H groups in total. The molecule has 0 aromatic rings. The van der Waals surface area contributed by atoms with Crippen LogP contribution in [0.15, 0.2) is 0 Å². The van der Waals surface area contributed by atoms with Crippen LogP contribution in [-0.4, -0.2) is 61.4 Å². The normalized spacial score (nSPS) is 11.4. The minimum Gasteiger partial charge on any atom is -0.807 e. The second-order valence-electron chi connectivity index (χ2n) is 3.81. The number of hydrogen-bond donors (Lipinski definition) is 0. The summed E-state index contributed by atoms with van der Waals surface area (Å²) in [6.07, 6.45) is 0.684. The predicted octanol–water partition coefficient (Wildman–Crippen LogP) is 0.586. The average Bonchev–Trinajstić information content (AvgIpc) is 2.41. The van der Waals surface area contributed by atoms with E-state index in [1.807, 2.05) is 0 Å². The van der Waals surface area contributed by atoms with Crippen LogP contribution in [0.5, 0.6) is 0 Å². The van der Waals surface area contributed by atoms with Crippen molar-refractivity contribution >= 4 is 23.1 Å². The Balaban J connectivity index is -0.000000295. The van der Waals surface area contributed by atoms with Gasteiger partial charge in [0.15, 0.2) is 0 Å². The molecule has 0 aliphatic carbocycles. The second-order valence-corrected chi connectivity index (χ2v) is 3.81. The van der Waals surface area contributed by atoms with E-state index in [0.717, 1.165) is 0 Å². The fourth-order valence-corrected chi connectivity index (χ4v) is 1.37. The van der Waals surface area contributed by atoms with Crippen LogP contribution in [0.1, 0.15) is 54.4 Å². The number of ether oxygens (including phenoxy) is 4. The fraction of sp³-hybridized carbons (Fsp3) is 1.00. The molecule has 7 heteroatoms. The van der Waals surface area contributed by atoms with Crippen LogP contribution < -0.4 is 10.2 Å². The summed E-state index contributed by atoms with van der Waals surface area (Å²) in [5.41, 5.74) is 0. The third-order valence-corrected chi connectivity index (χ3v) is 2.32.